The molecule has 1 spiro atoms. The van der Waals surface area contributed by atoms with Gasteiger partial charge in [-0.05, 0) is 33.1 Å². The van der Waals surface area contributed by atoms with Gasteiger partial charge in [-0.3, -0.25) is 14.4 Å². The van der Waals surface area contributed by atoms with Crippen molar-refractivity contribution < 1.29 is 29.0 Å². The first kappa shape index (κ1) is 27.9. The van der Waals surface area contributed by atoms with Gasteiger partial charge in [0.05, 0.1) is 30.6 Å². The SMILES string of the molecule is C=CCOC(=O)[C@H]1[C@@H]2OC3(CC2Br)C(C(=O)N(CC=C)C(C)(C)C)N([C@@H](CO)[C@@H](C)CC)C(=O)[C@H]13. The fourth-order valence-corrected chi connectivity index (χ4v) is 6.94. The molecule has 8 atom stereocenters. The monoisotopic (exact) mass is 554 g/mol. The van der Waals surface area contributed by atoms with Crippen molar-refractivity contribution in [3.05, 3.63) is 25.3 Å². The van der Waals surface area contributed by atoms with Crippen molar-refractivity contribution in [3.8, 4) is 0 Å². The van der Waals surface area contributed by atoms with E-state index in [1.165, 1.54) is 11.0 Å². The number of amides is 2. The second kappa shape index (κ2) is 10.3. The van der Waals surface area contributed by atoms with Gasteiger partial charge in [-0.1, -0.05) is 54.9 Å². The first-order chi connectivity index (χ1) is 16.4. The highest BCUT2D eigenvalue weighted by Crippen LogP contribution is 2.61. The van der Waals surface area contributed by atoms with Crippen molar-refractivity contribution in [2.24, 2.45) is 17.8 Å². The summed E-state index contributed by atoms with van der Waals surface area (Å²) in [5, 5.41) is 10.4. The molecule has 1 N–H and O–H groups in total. The molecule has 9 heteroatoms. The van der Waals surface area contributed by atoms with E-state index in [1.54, 1.807) is 11.0 Å². The summed E-state index contributed by atoms with van der Waals surface area (Å²) in [6.45, 7) is 17.2. The Balaban J connectivity index is 2.17. The molecule has 196 valence electrons. The minimum atomic E-state index is -1.20. The van der Waals surface area contributed by atoms with Crippen LogP contribution in [0.1, 0.15) is 47.5 Å². The number of carbonyl (C=O) groups excluding carboxylic acids is 3. The number of aliphatic hydroxyl groups excluding tert-OH is 1. The van der Waals surface area contributed by atoms with Gasteiger partial charge in [0.25, 0.3) is 0 Å². The van der Waals surface area contributed by atoms with E-state index in [0.29, 0.717) is 19.4 Å². The fraction of sp³-hybridized carbons (Fsp3) is 0.731. The number of ether oxygens (including phenoxy) is 2. The summed E-state index contributed by atoms with van der Waals surface area (Å²) in [4.78, 5) is 44.6. The number of hydrogen-bond acceptors (Lipinski definition) is 6. The van der Waals surface area contributed by atoms with E-state index in [9.17, 15) is 19.5 Å². The van der Waals surface area contributed by atoms with E-state index in [4.69, 9.17) is 9.47 Å². The van der Waals surface area contributed by atoms with Gasteiger partial charge in [0.2, 0.25) is 11.8 Å². The molecule has 3 unspecified atom stereocenters. The van der Waals surface area contributed by atoms with Crippen LogP contribution in [0.15, 0.2) is 25.3 Å². The Labute approximate surface area is 216 Å². The molecule has 0 aromatic heterocycles. The van der Waals surface area contributed by atoms with Crippen LogP contribution in [0.2, 0.25) is 0 Å². The highest BCUT2D eigenvalue weighted by Gasteiger charge is 2.77. The Kier molecular flexibility index (Phi) is 8.24. The standard InChI is InChI=1S/C26H39BrN2O6/c1-8-11-28(25(5,6)7)23(32)21-26-13-16(27)20(35-26)18(24(33)34-12-9-2)19(26)22(31)29(21)17(14-30)15(4)10-3/h8-9,15-21,30H,1-2,10-14H2,3-7H3/t15-,16?,17-,18+,19-,20+,21?,26?/m0/s1. The van der Waals surface area contributed by atoms with Crippen LogP contribution in [0.25, 0.3) is 0 Å². The summed E-state index contributed by atoms with van der Waals surface area (Å²) in [5.74, 6) is -2.92. The van der Waals surface area contributed by atoms with Crippen LogP contribution in [0, 0.1) is 17.8 Å². The maximum Gasteiger partial charge on any atom is 0.312 e. The average molecular weight is 556 g/mol. The van der Waals surface area contributed by atoms with Gasteiger partial charge < -0.3 is 24.4 Å². The van der Waals surface area contributed by atoms with Crippen LogP contribution in [0.4, 0.5) is 0 Å². The first-order valence-electron chi connectivity index (χ1n) is 12.4. The van der Waals surface area contributed by atoms with Crippen molar-refractivity contribution >= 4 is 33.7 Å². The zero-order valence-electron chi connectivity index (χ0n) is 21.4. The molecule has 3 aliphatic heterocycles. The van der Waals surface area contributed by atoms with E-state index in [1.807, 2.05) is 34.6 Å². The zero-order chi connectivity index (χ0) is 26.3. The first-order valence-corrected chi connectivity index (χ1v) is 13.3. The second-order valence-corrected chi connectivity index (χ2v) is 12.0. The van der Waals surface area contributed by atoms with Crippen molar-refractivity contribution in [2.75, 3.05) is 19.8 Å². The van der Waals surface area contributed by atoms with E-state index >= 15 is 0 Å². The Morgan fingerprint density at radius 1 is 1.37 bits per heavy atom. The smallest absolute Gasteiger partial charge is 0.312 e. The van der Waals surface area contributed by atoms with E-state index in [0.717, 1.165) is 0 Å². The minimum absolute atomic E-state index is 0.0261. The summed E-state index contributed by atoms with van der Waals surface area (Å²) < 4.78 is 11.9. The van der Waals surface area contributed by atoms with Gasteiger partial charge in [0.1, 0.15) is 18.2 Å². The summed E-state index contributed by atoms with van der Waals surface area (Å²) in [6.07, 6.45) is 3.66. The van der Waals surface area contributed by atoms with E-state index in [2.05, 4.69) is 29.1 Å². The van der Waals surface area contributed by atoms with Crippen molar-refractivity contribution in [1.29, 1.82) is 0 Å². The highest BCUT2D eigenvalue weighted by atomic mass is 79.9. The molecule has 35 heavy (non-hydrogen) atoms. The zero-order valence-corrected chi connectivity index (χ0v) is 23.0. The van der Waals surface area contributed by atoms with E-state index < -0.39 is 47.1 Å². The summed E-state index contributed by atoms with van der Waals surface area (Å²) >= 11 is 3.65. The topological polar surface area (TPSA) is 96.4 Å². The Morgan fingerprint density at radius 2 is 2.03 bits per heavy atom. The predicted molar refractivity (Wildman–Crippen MR) is 136 cm³/mol. The fourth-order valence-electron chi connectivity index (χ4n) is 6.00. The molecular formula is C26H39BrN2O6. The predicted octanol–water partition coefficient (Wildman–Crippen LogP) is 2.68. The molecule has 0 aromatic carbocycles. The maximum absolute atomic E-state index is 14.3. The molecule has 2 bridgehead atoms. The lowest BCUT2D eigenvalue weighted by atomic mass is 9.70. The summed E-state index contributed by atoms with van der Waals surface area (Å²) in [7, 11) is 0. The molecule has 0 aromatic rings. The molecule has 3 aliphatic rings. The largest absolute Gasteiger partial charge is 0.461 e. The third kappa shape index (κ3) is 4.48. The third-order valence-corrected chi connectivity index (χ3v) is 8.65. The van der Waals surface area contributed by atoms with Crippen LogP contribution in [0.3, 0.4) is 0 Å². The molecule has 3 heterocycles. The number of alkyl halides is 1. The number of carbonyl (C=O) groups is 3. The quantitative estimate of drug-likeness (QED) is 0.253. The Hall–Kier alpha value is -1.71. The molecule has 0 radical (unpaired) electrons. The number of esters is 1. The Morgan fingerprint density at radius 3 is 2.54 bits per heavy atom. The number of likely N-dealkylation sites (tertiary alicyclic amines) is 1. The highest BCUT2D eigenvalue weighted by molar-refractivity contribution is 9.09. The van der Waals surface area contributed by atoms with Crippen molar-refractivity contribution in [2.45, 2.75) is 81.6 Å². The van der Waals surface area contributed by atoms with Gasteiger partial charge in [-0.2, -0.15) is 0 Å². The Bertz CT molecular complexity index is 872. The molecule has 0 aliphatic carbocycles. The summed E-state index contributed by atoms with van der Waals surface area (Å²) in [5.41, 5.74) is -1.75. The normalized spacial score (nSPS) is 33.3. The molecule has 3 rings (SSSR count). The summed E-state index contributed by atoms with van der Waals surface area (Å²) in [6, 6.07) is -1.57. The molecular weight excluding hydrogens is 516 g/mol. The van der Waals surface area contributed by atoms with Crippen LogP contribution in [-0.2, 0) is 23.9 Å². The van der Waals surface area contributed by atoms with E-state index in [-0.39, 0.29) is 35.8 Å². The lowest BCUT2D eigenvalue weighted by Crippen LogP contribution is -2.62. The number of nitrogens with zero attached hydrogens (tertiary/aromatic N) is 2. The third-order valence-electron chi connectivity index (χ3n) is 7.81. The van der Waals surface area contributed by atoms with Crippen LogP contribution >= 0.6 is 15.9 Å². The molecule has 2 amide bonds. The number of fused-ring (bicyclic) bond motifs is 1. The number of halogens is 1. The number of aliphatic hydroxyl groups is 1. The molecule has 3 fully saturated rings. The van der Waals surface area contributed by atoms with Crippen molar-refractivity contribution in [3.63, 3.8) is 0 Å². The molecule has 3 saturated heterocycles. The van der Waals surface area contributed by atoms with Gasteiger partial charge in [0.15, 0.2) is 0 Å². The minimum Gasteiger partial charge on any atom is -0.461 e. The lowest BCUT2D eigenvalue weighted by molar-refractivity contribution is -0.157. The lowest BCUT2D eigenvalue weighted by Gasteiger charge is -2.44. The van der Waals surface area contributed by atoms with Crippen LogP contribution < -0.4 is 0 Å². The second-order valence-electron chi connectivity index (χ2n) is 10.9. The average Bonchev–Trinajstić information content (AvgIpc) is 3.38. The van der Waals surface area contributed by atoms with Crippen LogP contribution in [0.5, 0.6) is 0 Å². The van der Waals surface area contributed by atoms with Crippen molar-refractivity contribution in [1.82, 2.24) is 9.80 Å². The van der Waals surface area contributed by atoms with Gasteiger partial charge in [0, 0.05) is 16.9 Å². The van der Waals surface area contributed by atoms with Gasteiger partial charge in [-0.15, -0.1) is 6.58 Å². The molecule has 8 nitrogen and oxygen atoms in total. The van der Waals surface area contributed by atoms with Gasteiger partial charge in [-0.25, -0.2) is 0 Å². The molecule has 0 saturated carbocycles. The van der Waals surface area contributed by atoms with Crippen LogP contribution in [-0.4, -0.2) is 86.6 Å². The number of hydrogen-bond donors (Lipinski definition) is 1. The maximum atomic E-state index is 14.3. The van der Waals surface area contributed by atoms with Gasteiger partial charge >= 0.3 is 5.97 Å². The number of rotatable bonds is 10.